The van der Waals surface area contributed by atoms with Gasteiger partial charge in [0, 0.05) is 11.6 Å². The number of ether oxygens (including phenoxy) is 2. The van der Waals surface area contributed by atoms with Gasteiger partial charge in [0.25, 0.3) is 0 Å². The molecule has 1 aromatic rings. The molecule has 0 amide bonds. The number of nitrogens with zero attached hydrogens (tertiary/aromatic N) is 1. The molecule has 1 rings (SSSR count). The van der Waals surface area contributed by atoms with Gasteiger partial charge in [0.05, 0.1) is 20.8 Å². The molecule has 0 saturated heterocycles. The van der Waals surface area contributed by atoms with Crippen molar-refractivity contribution < 1.29 is 9.47 Å². The average molecular weight is 275 g/mol. The van der Waals surface area contributed by atoms with Crippen molar-refractivity contribution in [2.45, 2.75) is 26.7 Å². The average Bonchev–Trinajstić information content (AvgIpc) is 2.47. The monoisotopic (exact) mass is 275 g/mol. The van der Waals surface area contributed by atoms with Crippen molar-refractivity contribution in [3.8, 4) is 23.3 Å². The summed E-state index contributed by atoms with van der Waals surface area (Å²) in [6, 6.07) is 5.71. The standard InChI is InChI=1S/C17H25NO2/c1-5-9-18(10-6-2)11-7-8-15-12-16(19-3)14-17(13-15)20-4/h12-14H,5-6,9-11H2,1-4H3. The zero-order valence-corrected chi connectivity index (χ0v) is 13.0. The molecule has 0 aliphatic heterocycles. The van der Waals surface area contributed by atoms with Gasteiger partial charge < -0.3 is 9.47 Å². The van der Waals surface area contributed by atoms with Gasteiger partial charge in [0.2, 0.25) is 0 Å². The topological polar surface area (TPSA) is 21.7 Å². The lowest BCUT2D eigenvalue weighted by molar-refractivity contribution is 0.308. The highest BCUT2D eigenvalue weighted by molar-refractivity contribution is 5.46. The quantitative estimate of drug-likeness (QED) is 0.713. The Kier molecular flexibility index (Phi) is 7.60. The van der Waals surface area contributed by atoms with E-state index in [9.17, 15) is 0 Å². The lowest BCUT2D eigenvalue weighted by Gasteiger charge is -2.17. The summed E-state index contributed by atoms with van der Waals surface area (Å²) in [5, 5.41) is 0. The van der Waals surface area contributed by atoms with Crippen LogP contribution in [0.25, 0.3) is 0 Å². The van der Waals surface area contributed by atoms with Crippen molar-refractivity contribution in [3.63, 3.8) is 0 Å². The minimum Gasteiger partial charge on any atom is -0.497 e. The van der Waals surface area contributed by atoms with Gasteiger partial charge in [-0.25, -0.2) is 0 Å². The molecule has 0 N–H and O–H groups in total. The Hall–Kier alpha value is -1.66. The van der Waals surface area contributed by atoms with E-state index in [1.54, 1.807) is 14.2 Å². The van der Waals surface area contributed by atoms with Crippen molar-refractivity contribution in [2.24, 2.45) is 0 Å². The van der Waals surface area contributed by atoms with Crippen LogP contribution in [0.2, 0.25) is 0 Å². The molecule has 1 aromatic carbocycles. The van der Waals surface area contributed by atoms with E-state index in [1.165, 1.54) is 0 Å². The number of methoxy groups -OCH3 is 2. The van der Waals surface area contributed by atoms with Gasteiger partial charge in [0.15, 0.2) is 0 Å². The Balaban J connectivity index is 2.74. The van der Waals surface area contributed by atoms with Crippen molar-refractivity contribution in [1.82, 2.24) is 4.90 Å². The molecule has 0 spiro atoms. The smallest absolute Gasteiger partial charge is 0.123 e. The van der Waals surface area contributed by atoms with Crippen molar-refractivity contribution in [1.29, 1.82) is 0 Å². The van der Waals surface area contributed by atoms with Gasteiger partial charge in [-0.15, -0.1) is 0 Å². The molecule has 0 radical (unpaired) electrons. The van der Waals surface area contributed by atoms with Gasteiger partial charge in [-0.2, -0.15) is 0 Å². The van der Waals surface area contributed by atoms with Crippen LogP contribution in [0.4, 0.5) is 0 Å². The molecular formula is C17H25NO2. The first-order chi connectivity index (χ1) is 9.73. The summed E-state index contributed by atoms with van der Waals surface area (Å²) in [6.07, 6.45) is 2.32. The van der Waals surface area contributed by atoms with Crippen LogP contribution < -0.4 is 9.47 Å². The van der Waals surface area contributed by atoms with Crippen molar-refractivity contribution >= 4 is 0 Å². The molecule has 3 nitrogen and oxygen atoms in total. The summed E-state index contributed by atoms with van der Waals surface area (Å²) in [6.45, 7) is 7.40. The third-order valence-corrected chi connectivity index (χ3v) is 2.97. The van der Waals surface area contributed by atoms with Gasteiger partial charge in [-0.1, -0.05) is 25.7 Å². The Morgan fingerprint density at radius 1 is 0.950 bits per heavy atom. The molecule has 0 saturated carbocycles. The molecule has 20 heavy (non-hydrogen) atoms. The molecule has 0 fully saturated rings. The van der Waals surface area contributed by atoms with Gasteiger partial charge in [0.1, 0.15) is 11.5 Å². The fourth-order valence-electron chi connectivity index (χ4n) is 2.04. The fourth-order valence-corrected chi connectivity index (χ4v) is 2.04. The molecule has 110 valence electrons. The second-order valence-electron chi connectivity index (χ2n) is 4.68. The molecule has 0 heterocycles. The van der Waals surface area contributed by atoms with E-state index in [0.29, 0.717) is 0 Å². The third kappa shape index (κ3) is 5.54. The maximum absolute atomic E-state index is 5.24. The van der Waals surface area contributed by atoms with E-state index in [-0.39, 0.29) is 0 Å². The van der Waals surface area contributed by atoms with Crippen LogP contribution in [-0.4, -0.2) is 38.8 Å². The van der Waals surface area contributed by atoms with Crippen LogP contribution >= 0.6 is 0 Å². The molecule has 0 unspecified atom stereocenters. The summed E-state index contributed by atoms with van der Waals surface area (Å²) in [7, 11) is 3.30. The highest BCUT2D eigenvalue weighted by Crippen LogP contribution is 2.21. The van der Waals surface area contributed by atoms with E-state index in [2.05, 4.69) is 30.6 Å². The van der Waals surface area contributed by atoms with Crippen LogP contribution in [0, 0.1) is 11.8 Å². The summed E-state index contributed by atoms with van der Waals surface area (Å²) >= 11 is 0. The summed E-state index contributed by atoms with van der Waals surface area (Å²) in [5.74, 6) is 7.97. The van der Waals surface area contributed by atoms with E-state index < -0.39 is 0 Å². The van der Waals surface area contributed by atoms with Crippen molar-refractivity contribution in [3.05, 3.63) is 23.8 Å². The summed E-state index contributed by atoms with van der Waals surface area (Å²) < 4.78 is 10.5. The predicted octanol–water partition coefficient (Wildman–Crippen LogP) is 3.18. The van der Waals surface area contributed by atoms with Crippen LogP contribution in [0.5, 0.6) is 11.5 Å². The predicted molar refractivity (Wildman–Crippen MR) is 83.4 cm³/mol. The Morgan fingerprint density at radius 2 is 1.50 bits per heavy atom. The SMILES string of the molecule is CCCN(CC#Cc1cc(OC)cc(OC)c1)CCC. The van der Waals surface area contributed by atoms with E-state index in [1.807, 2.05) is 18.2 Å². The second-order valence-corrected chi connectivity index (χ2v) is 4.68. The van der Waals surface area contributed by atoms with E-state index in [4.69, 9.17) is 9.47 Å². The zero-order chi connectivity index (χ0) is 14.8. The summed E-state index contributed by atoms with van der Waals surface area (Å²) in [5.41, 5.74) is 0.925. The highest BCUT2D eigenvalue weighted by atomic mass is 16.5. The molecule has 0 aromatic heterocycles. The van der Waals surface area contributed by atoms with Gasteiger partial charge >= 0.3 is 0 Å². The maximum atomic E-state index is 5.24. The minimum atomic E-state index is 0.771. The largest absolute Gasteiger partial charge is 0.497 e. The first-order valence-corrected chi connectivity index (χ1v) is 7.17. The highest BCUT2D eigenvalue weighted by Gasteiger charge is 2.01. The molecule has 0 aliphatic carbocycles. The second kappa shape index (κ2) is 9.28. The maximum Gasteiger partial charge on any atom is 0.123 e. The first kappa shape index (κ1) is 16.4. The number of rotatable bonds is 7. The molecule has 0 bridgehead atoms. The lowest BCUT2D eigenvalue weighted by Crippen LogP contribution is -2.25. The normalized spacial score (nSPS) is 10.1. The van der Waals surface area contributed by atoms with Crippen LogP contribution in [0.3, 0.4) is 0 Å². The third-order valence-electron chi connectivity index (χ3n) is 2.97. The van der Waals surface area contributed by atoms with E-state index in [0.717, 1.165) is 49.5 Å². The fraction of sp³-hybridized carbons (Fsp3) is 0.529. The van der Waals surface area contributed by atoms with Crippen molar-refractivity contribution in [2.75, 3.05) is 33.9 Å². The van der Waals surface area contributed by atoms with Crippen LogP contribution in [-0.2, 0) is 0 Å². The zero-order valence-electron chi connectivity index (χ0n) is 13.0. The molecular weight excluding hydrogens is 250 g/mol. The number of hydrogen-bond acceptors (Lipinski definition) is 3. The molecule has 0 atom stereocenters. The van der Waals surface area contributed by atoms with E-state index >= 15 is 0 Å². The Bertz CT molecular complexity index is 432. The molecule has 0 aliphatic rings. The van der Waals surface area contributed by atoms with Crippen LogP contribution in [0.1, 0.15) is 32.3 Å². The lowest BCUT2D eigenvalue weighted by atomic mass is 10.2. The molecule has 3 heteroatoms. The van der Waals surface area contributed by atoms with Gasteiger partial charge in [-0.05, 0) is 38.1 Å². The Labute approximate surface area is 122 Å². The Morgan fingerprint density at radius 3 is 1.95 bits per heavy atom. The number of hydrogen-bond donors (Lipinski definition) is 0. The number of benzene rings is 1. The first-order valence-electron chi connectivity index (χ1n) is 7.17. The minimum absolute atomic E-state index is 0.771. The van der Waals surface area contributed by atoms with Gasteiger partial charge in [-0.3, -0.25) is 4.90 Å². The van der Waals surface area contributed by atoms with Crippen LogP contribution in [0.15, 0.2) is 18.2 Å². The summed E-state index contributed by atoms with van der Waals surface area (Å²) in [4.78, 5) is 2.38.